The van der Waals surface area contributed by atoms with Gasteiger partial charge in [-0.15, -0.1) is 0 Å². The minimum Gasteiger partial charge on any atom is -0.493 e. The predicted molar refractivity (Wildman–Crippen MR) is 81.7 cm³/mol. The van der Waals surface area contributed by atoms with Crippen LogP contribution >= 0.6 is 0 Å². The van der Waals surface area contributed by atoms with E-state index in [1.807, 2.05) is 6.08 Å². The second kappa shape index (κ2) is 4.88. The summed E-state index contributed by atoms with van der Waals surface area (Å²) in [5.74, 6) is 1.03. The largest absolute Gasteiger partial charge is 0.493 e. The first-order valence-electron chi connectivity index (χ1n) is 6.62. The number of nitrogens with zero attached hydrogens (tertiary/aromatic N) is 1. The lowest BCUT2D eigenvalue weighted by molar-refractivity contribution is 0.288. The smallest absolute Gasteiger partial charge is 0.122 e. The fourth-order valence-electron chi connectivity index (χ4n) is 2.75. The summed E-state index contributed by atoms with van der Waals surface area (Å²) in [5.41, 5.74) is 5.85. The fraction of sp³-hybridized carbons (Fsp3) is 0.235. The van der Waals surface area contributed by atoms with Gasteiger partial charge in [0.15, 0.2) is 0 Å². The van der Waals surface area contributed by atoms with E-state index in [1.165, 1.54) is 16.7 Å². The summed E-state index contributed by atoms with van der Waals surface area (Å²) in [6, 6.07) is 6.42. The molecule has 2 aliphatic rings. The van der Waals surface area contributed by atoms with E-state index >= 15 is 0 Å². The van der Waals surface area contributed by atoms with Crippen molar-refractivity contribution in [1.82, 2.24) is 0 Å². The molecule has 0 N–H and O–H groups in total. The van der Waals surface area contributed by atoms with Gasteiger partial charge in [-0.3, -0.25) is 4.99 Å². The summed E-state index contributed by atoms with van der Waals surface area (Å²) >= 11 is 0. The van der Waals surface area contributed by atoms with Gasteiger partial charge in [0.25, 0.3) is 0 Å². The quantitative estimate of drug-likeness (QED) is 0.740. The van der Waals surface area contributed by atoms with E-state index < -0.39 is 0 Å². The van der Waals surface area contributed by atoms with Crippen LogP contribution in [-0.4, -0.2) is 13.3 Å². The third kappa shape index (κ3) is 2.03. The summed E-state index contributed by atoms with van der Waals surface area (Å²) in [7, 11) is 0. The van der Waals surface area contributed by atoms with Crippen LogP contribution in [0.4, 0.5) is 0 Å². The minimum atomic E-state index is 0. The Labute approximate surface area is 115 Å². The SMILES string of the molecule is C=CC1=C(N=C)CC=C1c1ccc2c(c1)CCCO2.[HH]. The zero-order valence-electron chi connectivity index (χ0n) is 11.0. The zero-order valence-corrected chi connectivity index (χ0v) is 11.0. The fourth-order valence-corrected chi connectivity index (χ4v) is 2.75. The Morgan fingerprint density at radius 3 is 3.05 bits per heavy atom. The highest BCUT2D eigenvalue weighted by atomic mass is 16.5. The molecule has 0 saturated heterocycles. The Kier molecular flexibility index (Phi) is 3.08. The van der Waals surface area contributed by atoms with Crippen LogP contribution in [0.25, 0.3) is 5.57 Å². The molecule has 3 rings (SSSR count). The molecular weight excluding hydrogens is 234 g/mol. The molecule has 1 aromatic rings. The first kappa shape index (κ1) is 12.0. The standard InChI is InChI=1S/C17H17NO.H2/c1-3-14-15(7-8-16(14)18-2)12-6-9-17-13(11-12)5-4-10-19-17;/h3,6-7,9,11H,1-2,4-5,8,10H2;1H. The Morgan fingerprint density at radius 1 is 1.37 bits per heavy atom. The second-order valence-corrected chi connectivity index (χ2v) is 4.82. The number of hydrogen-bond acceptors (Lipinski definition) is 2. The zero-order chi connectivity index (χ0) is 13.2. The van der Waals surface area contributed by atoms with Crippen LogP contribution in [-0.2, 0) is 6.42 Å². The normalized spacial score (nSPS) is 17.6. The summed E-state index contributed by atoms with van der Waals surface area (Å²) in [4.78, 5) is 4.08. The van der Waals surface area contributed by atoms with Gasteiger partial charge in [-0.2, -0.15) is 0 Å². The van der Waals surface area contributed by atoms with E-state index in [1.54, 1.807) is 0 Å². The van der Waals surface area contributed by atoms with Gasteiger partial charge in [-0.05, 0) is 48.4 Å². The number of aliphatic imine (C=N–C) groups is 1. The molecule has 0 amide bonds. The van der Waals surface area contributed by atoms with E-state index in [0.29, 0.717) is 0 Å². The van der Waals surface area contributed by atoms with Gasteiger partial charge >= 0.3 is 0 Å². The highest BCUT2D eigenvalue weighted by Crippen LogP contribution is 2.37. The van der Waals surface area contributed by atoms with Crippen molar-refractivity contribution in [2.24, 2.45) is 4.99 Å². The van der Waals surface area contributed by atoms with Crippen LogP contribution in [0.3, 0.4) is 0 Å². The Hall–Kier alpha value is -2.09. The van der Waals surface area contributed by atoms with Crippen molar-refractivity contribution in [2.45, 2.75) is 19.3 Å². The van der Waals surface area contributed by atoms with Crippen LogP contribution in [0.15, 0.2) is 53.2 Å². The molecule has 1 heterocycles. The molecule has 2 heteroatoms. The van der Waals surface area contributed by atoms with Gasteiger partial charge in [0, 0.05) is 13.4 Å². The van der Waals surface area contributed by atoms with E-state index in [0.717, 1.165) is 42.9 Å². The lowest BCUT2D eigenvalue weighted by Crippen LogP contribution is -2.08. The lowest BCUT2D eigenvalue weighted by Gasteiger charge is -2.18. The molecule has 98 valence electrons. The first-order chi connectivity index (χ1) is 9.33. The van der Waals surface area contributed by atoms with Gasteiger partial charge in [-0.1, -0.05) is 24.8 Å². The molecule has 0 fully saturated rings. The number of ether oxygens (including phenoxy) is 1. The van der Waals surface area contributed by atoms with E-state index in [9.17, 15) is 0 Å². The molecule has 0 bridgehead atoms. The third-order valence-electron chi connectivity index (χ3n) is 3.72. The average Bonchev–Trinajstić information content (AvgIpc) is 2.89. The molecule has 1 aromatic carbocycles. The molecule has 2 nitrogen and oxygen atoms in total. The van der Waals surface area contributed by atoms with Crippen molar-refractivity contribution >= 4 is 12.3 Å². The van der Waals surface area contributed by atoms with E-state index in [4.69, 9.17) is 4.74 Å². The maximum absolute atomic E-state index is 5.66. The van der Waals surface area contributed by atoms with Crippen LogP contribution < -0.4 is 4.74 Å². The summed E-state index contributed by atoms with van der Waals surface area (Å²) in [5, 5.41) is 0. The highest BCUT2D eigenvalue weighted by molar-refractivity contribution is 5.86. The second-order valence-electron chi connectivity index (χ2n) is 4.82. The van der Waals surface area contributed by atoms with Crippen molar-refractivity contribution in [1.29, 1.82) is 0 Å². The van der Waals surface area contributed by atoms with Gasteiger partial charge in [0.05, 0.1) is 12.3 Å². The Balaban J connectivity index is 0.00000147. The van der Waals surface area contributed by atoms with Crippen LogP contribution in [0.5, 0.6) is 5.75 Å². The molecule has 1 aliphatic carbocycles. The number of hydrogen-bond donors (Lipinski definition) is 0. The number of fused-ring (bicyclic) bond motifs is 1. The molecular formula is C17H19NO. The molecule has 0 unspecified atom stereocenters. The summed E-state index contributed by atoms with van der Waals surface area (Å²) in [6.45, 7) is 8.35. The van der Waals surface area contributed by atoms with Crippen LogP contribution in [0.1, 0.15) is 25.4 Å². The first-order valence-corrected chi connectivity index (χ1v) is 6.62. The minimum absolute atomic E-state index is 0. The van der Waals surface area contributed by atoms with Crippen molar-refractivity contribution in [2.75, 3.05) is 6.61 Å². The van der Waals surface area contributed by atoms with Crippen molar-refractivity contribution in [3.63, 3.8) is 0 Å². The molecule has 0 aromatic heterocycles. The Bertz CT molecular complexity index is 613. The van der Waals surface area contributed by atoms with Crippen molar-refractivity contribution in [3.05, 3.63) is 59.3 Å². The van der Waals surface area contributed by atoms with Gasteiger partial charge in [0.1, 0.15) is 5.75 Å². The number of aryl methyl sites for hydroxylation is 1. The van der Waals surface area contributed by atoms with Crippen molar-refractivity contribution in [3.8, 4) is 5.75 Å². The van der Waals surface area contributed by atoms with Crippen molar-refractivity contribution < 1.29 is 6.16 Å². The average molecular weight is 253 g/mol. The third-order valence-corrected chi connectivity index (χ3v) is 3.72. The monoisotopic (exact) mass is 253 g/mol. The highest BCUT2D eigenvalue weighted by Gasteiger charge is 2.18. The lowest BCUT2D eigenvalue weighted by atomic mass is 9.96. The van der Waals surface area contributed by atoms with E-state index in [2.05, 4.69) is 42.6 Å². The van der Waals surface area contributed by atoms with Crippen LogP contribution in [0.2, 0.25) is 0 Å². The molecule has 0 saturated carbocycles. The molecule has 0 radical (unpaired) electrons. The van der Waals surface area contributed by atoms with E-state index in [-0.39, 0.29) is 1.43 Å². The molecule has 0 spiro atoms. The summed E-state index contributed by atoms with van der Waals surface area (Å²) in [6.07, 6.45) is 7.11. The predicted octanol–water partition coefficient (Wildman–Crippen LogP) is 4.19. The maximum Gasteiger partial charge on any atom is 0.122 e. The van der Waals surface area contributed by atoms with Gasteiger partial charge in [0.2, 0.25) is 0 Å². The van der Waals surface area contributed by atoms with Gasteiger partial charge in [-0.25, -0.2) is 0 Å². The van der Waals surface area contributed by atoms with Gasteiger partial charge < -0.3 is 4.74 Å². The van der Waals surface area contributed by atoms with Crippen LogP contribution in [0, 0.1) is 0 Å². The topological polar surface area (TPSA) is 21.6 Å². The maximum atomic E-state index is 5.66. The molecule has 19 heavy (non-hydrogen) atoms. The Morgan fingerprint density at radius 2 is 2.26 bits per heavy atom. The number of benzene rings is 1. The molecule has 1 aliphatic heterocycles. The number of allylic oxidation sites excluding steroid dienone is 4. The molecule has 0 atom stereocenters. The summed E-state index contributed by atoms with van der Waals surface area (Å²) < 4.78 is 5.66. The number of rotatable bonds is 3.